The van der Waals surface area contributed by atoms with E-state index in [0.29, 0.717) is 35.5 Å². The summed E-state index contributed by atoms with van der Waals surface area (Å²) in [7, 11) is -3.67. The highest BCUT2D eigenvalue weighted by Gasteiger charge is 2.47. The predicted octanol–water partition coefficient (Wildman–Crippen LogP) is 2.80. The first kappa shape index (κ1) is 22.8. The van der Waals surface area contributed by atoms with Gasteiger partial charge in [-0.3, -0.25) is 4.79 Å². The van der Waals surface area contributed by atoms with Gasteiger partial charge in [-0.2, -0.15) is 8.42 Å². The fourth-order valence-electron chi connectivity index (χ4n) is 5.10. The number of hydrogen-bond donors (Lipinski definition) is 1. The van der Waals surface area contributed by atoms with Crippen LogP contribution in [0.4, 0.5) is 0 Å². The zero-order valence-corrected chi connectivity index (χ0v) is 19.3. The predicted molar refractivity (Wildman–Crippen MR) is 120 cm³/mol. The largest absolute Gasteiger partial charge is 0.550 e. The number of aromatic nitrogens is 1. The quantitative estimate of drug-likeness (QED) is 0.420. The van der Waals surface area contributed by atoms with Gasteiger partial charge in [0.25, 0.3) is 15.9 Å². The zero-order chi connectivity index (χ0) is 22.7. The highest BCUT2D eigenvalue weighted by Crippen LogP contribution is 2.50. The van der Waals surface area contributed by atoms with Gasteiger partial charge < -0.3 is 15.2 Å². The Hall–Kier alpha value is -2.39. The molecule has 2 saturated carbocycles. The lowest BCUT2D eigenvalue weighted by Gasteiger charge is -2.31. The number of unbranched alkanes of at least 4 members (excludes halogenated alkanes) is 1. The Morgan fingerprint density at radius 2 is 1.91 bits per heavy atom. The molecule has 2 aliphatic carbocycles. The van der Waals surface area contributed by atoms with Crippen molar-refractivity contribution in [2.24, 2.45) is 17.8 Å². The lowest BCUT2D eigenvalue weighted by atomic mass is 9.82. The molecule has 2 bridgehead atoms. The van der Waals surface area contributed by atoms with Gasteiger partial charge in [-0.15, -0.1) is 11.3 Å². The number of thiophene rings is 1. The second-order valence-electron chi connectivity index (χ2n) is 8.60. The zero-order valence-electron chi connectivity index (χ0n) is 17.7. The summed E-state index contributed by atoms with van der Waals surface area (Å²) in [6.45, 7) is 0. The SMILES string of the molecule is O=C([O-])CCC/C=C\C[C@H]1[C@@H]2CC[C@@H](C2)[C@@H]1NC(=O)c1ccc(S(=O)(=O)n2cccc2)s1. The maximum absolute atomic E-state index is 12.9. The van der Waals surface area contributed by atoms with Gasteiger partial charge in [-0.05, 0) is 87.0 Å². The van der Waals surface area contributed by atoms with Crippen molar-refractivity contribution in [2.45, 2.75) is 55.2 Å². The molecule has 2 aliphatic rings. The van der Waals surface area contributed by atoms with Crippen LogP contribution in [0, 0.1) is 17.8 Å². The van der Waals surface area contributed by atoms with Crippen molar-refractivity contribution in [3.63, 3.8) is 0 Å². The Labute approximate surface area is 192 Å². The summed E-state index contributed by atoms with van der Waals surface area (Å²) >= 11 is 0.992. The molecule has 4 rings (SSSR count). The molecule has 1 N–H and O–H groups in total. The second kappa shape index (κ2) is 9.62. The third-order valence-electron chi connectivity index (χ3n) is 6.63. The molecule has 0 aromatic carbocycles. The molecule has 7 nitrogen and oxygen atoms in total. The number of fused-ring (bicyclic) bond motifs is 2. The van der Waals surface area contributed by atoms with Crippen LogP contribution in [0.15, 0.2) is 53.0 Å². The van der Waals surface area contributed by atoms with E-state index in [2.05, 4.69) is 11.4 Å². The first-order chi connectivity index (χ1) is 15.4. The summed E-state index contributed by atoms with van der Waals surface area (Å²) in [6, 6.07) is 6.44. The monoisotopic (exact) mass is 475 g/mol. The molecule has 0 spiro atoms. The average molecular weight is 476 g/mol. The molecule has 2 fully saturated rings. The Morgan fingerprint density at radius 3 is 2.66 bits per heavy atom. The molecule has 2 aromatic heterocycles. The van der Waals surface area contributed by atoms with E-state index in [1.54, 1.807) is 18.2 Å². The molecule has 0 radical (unpaired) electrons. The molecule has 172 valence electrons. The fourth-order valence-corrected chi connectivity index (χ4v) is 7.59. The first-order valence-corrected chi connectivity index (χ1v) is 13.3. The fraction of sp³-hybridized carbons (Fsp3) is 0.478. The second-order valence-corrected chi connectivity index (χ2v) is 11.8. The van der Waals surface area contributed by atoms with Gasteiger partial charge in [0.15, 0.2) is 0 Å². The van der Waals surface area contributed by atoms with Crippen molar-refractivity contribution in [3.05, 3.63) is 53.7 Å². The summed E-state index contributed by atoms with van der Waals surface area (Å²) in [6.07, 6.45) is 12.7. The van der Waals surface area contributed by atoms with Crippen LogP contribution < -0.4 is 10.4 Å². The Bertz CT molecular complexity index is 1090. The standard InChI is InChI=1S/C23H28N2O5S2/c26-20(27)8-4-2-1-3-7-18-16-9-10-17(15-16)22(18)24-23(28)19-11-12-21(31-19)32(29,30)25-13-5-6-14-25/h1,3,5-6,11-14,16-18,22H,2,4,7-10,15H2,(H,24,28)(H,26,27)/p-1/b3-1-/t16-,17+,18+,22+/m1/s1. The molecule has 4 atom stereocenters. The first-order valence-electron chi connectivity index (χ1n) is 11.0. The van der Waals surface area contributed by atoms with Crippen molar-refractivity contribution in [1.29, 1.82) is 0 Å². The summed E-state index contributed by atoms with van der Waals surface area (Å²) in [5.74, 6) is 0.171. The Morgan fingerprint density at radius 1 is 1.16 bits per heavy atom. The van der Waals surface area contributed by atoms with Crippen LogP contribution in [0.3, 0.4) is 0 Å². The van der Waals surface area contributed by atoms with Gasteiger partial charge in [0, 0.05) is 24.4 Å². The average Bonchev–Trinajstić information content (AvgIpc) is 3.55. The van der Waals surface area contributed by atoms with Gasteiger partial charge in [-0.1, -0.05) is 12.2 Å². The number of allylic oxidation sites excluding steroid dienone is 2. The van der Waals surface area contributed by atoms with E-state index in [-0.39, 0.29) is 22.6 Å². The van der Waals surface area contributed by atoms with E-state index in [9.17, 15) is 23.1 Å². The van der Waals surface area contributed by atoms with Crippen LogP contribution in [0.1, 0.15) is 54.6 Å². The molecular weight excluding hydrogens is 448 g/mol. The highest BCUT2D eigenvalue weighted by atomic mass is 32.2. The van der Waals surface area contributed by atoms with Crippen LogP contribution in [-0.4, -0.2) is 30.3 Å². The van der Waals surface area contributed by atoms with E-state index in [1.165, 1.54) is 24.9 Å². The van der Waals surface area contributed by atoms with Crippen molar-refractivity contribution in [2.75, 3.05) is 0 Å². The van der Waals surface area contributed by atoms with Crippen LogP contribution in [-0.2, 0) is 14.8 Å². The lowest BCUT2D eigenvalue weighted by Crippen LogP contribution is -2.43. The lowest BCUT2D eigenvalue weighted by molar-refractivity contribution is -0.305. The van der Waals surface area contributed by atoms with E-state index in [1.807, 2.05) is 6.08 Å². The molecule has 0 saturated heterocycles. The van der Waals surface area contributed by atoms with Crippen molar-refractivity contribution in [1.82, 2.24) is 9.29 Å². The normalized spacial score (nSPS) is 24.9. The topological polar surface area (TPSA) is 108 Å². The maximum atomic E-state index is 12.9. The minimum Gasteiger partial charge on any atom is -0.550 e. The van der Waals surface area contributed by atoms with E-state index >= 15 is 0 Å². The number of carbonyl (C=O) groups excluding carboxylic acids is 2. The van der Waals surface area contributed by atoms with E-state index in [4.69, 9.17) is 0 Å². The number of hydrogen-bond acceptors (Lipinski definition) is 6. The molecule has 1 amide bonds. The number of rotatable bonds is 10. The molecule has 2 aromatic rings. The third kappa shape index (κ3) is 4.83. The molecule has 0 aliphatic heterocycles. The summed E-state index contributed by atoms with van der Waals surface area (Å²) in [5.41, 5.74) is 0. The third-order valence-corrected chi connectivity index (χ3v) is 9.83. The number of carboxylic acids is 1. The van der Waals surface area contributed by atoms with Crippen molar-refractivity contribution in [3.8, 4) is 0 Å². The summed E-state index contributed by atoms with van der Waals surface area (Å²) in [5, 5.41) is 13.7. The Kier molecular flexibility index (Phi) is 6.85. The molecule has 32 heavy (non-hydrogen) atoms. The van der Waals surface area contributed by atoms with Gasteiger partial charge in [0.05, 0.1) is 4.88 Å². The summed E-state index contributed by atoms with van der Waals surface area (Å²) in [4.78, 5) is 23.8. The summed E-state index contributed by atoms with van der Waals surface area (Å²) < 4.78 is 26.6. The van der Waals surface area contributed by atoms with Gasteiger partial charge in [-0.25, -0.2) is 3.97 Å². The minimum absolute atomic E-state index is 0.0695. The van der Waals surface area contributed by atoms with Crippen LogP contribution >= 0.6 is 11.3 Å². The molecular formula is C23H27N2O5S2-. The number of aliphatic carboxylic acids is 1. The number of nitrogens with one attached hydrogen (secondary N) is 1. The highest BCUT2D eigenvalue weighted by molar-refractivity contribution is 7.92. The molecule has 9 heteroatoms. The van der Waals surface area contributed by atoms with Gasteiger partial charge in [0.2, 0.25) is 0 Å². The Balaban J connectivity index is 1.38. The van der Waals surface area contributed by atoms with E-state index < -0.39 is 16.0 Å². The van der Waals surface area contributed by atoms with Gasteiger partial charge >= 0.3 is 0 Å². The number of carboxylic acid groups (broad SMARTS) is 1. The number of nitrogens with zero attached hydrogens (tertiary/aromatic N) is 1. The molecule has 2 heterocycles. The van der Waals surface area contributed by atoms with Crippen LogP contribution in [0.5, 0.6) is 0 Å². The smallest absolute Gasteiger partial charge is 0.277 e. The van der Waals surface area contributed by atoms with Crippen molar-refractivity contribution < 1.29 is 23.1 Å². The van der Waals surface area contributed by atoms with Crippen LogP contribution in [0.25, 0.3) is 0 Å². The maximum Gasteiger partial charge on any atom is 0.277 e. The van der Waals surface area contributed by atoms with Crippen molar-refractivity contribution >= 4 is 33.2 Å². The van der Waals surface area contributed by atoms with Gasteiger partial charge in [0.1, 0.15) is 4.21 Å². The minimum atomic E-state index is -3.67. The van der Waals surface area contributed by atoms with Crippen LogP contribution in [0.2, 0.25) is 0 Å². The van der Waals surface area contributed by atoms with E-state index in [0.717, 1.165) is 34.6 Å². The number of amides is 1. The molecule has 0 unspecified atom stereocenters. The number of carbonyl (C=O) groups is 2.